The monoisotopic (exact) mass is 460 g/mol. The Morgan fingerprint density at radius 2 is 1.91 bits per heavy atom. The third kappa shape index (κ3) is 9.71. The van der Waals surface area contributed by atoms with Crippen LogP contribution in [0, 0.1) is 11.8 Å². The molecule has 138 valence electrons. The van der Waals surface area contributed by atoms with Gasteiger partial charge in [-0.15, -0.1) is 24.0 Å². The molecule has 0 heterocycles. The van der Waals surface area contributed by atoms with Gasteiger partial charge in [-0.05, 0) is 38.5 Å². The van der Waals surface area contributed by atoms with E-state index < -0.39 is 10.0 Å². The molecule has 1 aliphatic carbocycles. The highest BCUT2D eigenvalue weighted by Gasteiger charge is 2.20. The zero-order valence-corrected chi connectivity index (χ0v) is 17.9. The molecule has 1 atom stereocenters. The van der Waals surface area contributed by atoms with Crippen molar-refractivity contribution in [1.29, 1.82) is 0 Å². The lowest BCUT2D eigenvalue weighted by molar-refractivity contribution is 0.316. The lowest BCUT2D eigenvalue weighted by Crippen LogP contribution is -2.44. The number of sulfonamides is 1. The molecule has 1 aliphatic rings. The van der Waals surface area contributed by atoms with Gasteiger partial charge in [0.1, 0.15) is 0 Å². The van der Waals surface area contributed by atoms with Crippen LogP contribution in [0.1, 0.15) is 47.0 Å². The lowest BCUT2D eigenvalue weighted by atomic mass is 9.86. The second-order valence-corrected chi connectivity index (χ2v) is 8.33. The van der Waals surface area contributed by atoms with Gasteiger partial charge in [0.2, 0.25) is 10.0 Å². The van der Waals surface area contributed by atoms with E-state index in [1.165, 1.54) is 6.42 Å². The molecular formula is C15H33IN4O2S. The first kappa shape index (κ1) is 22.9. The minimum Gasteiger partial charge on any atom is -0.357 e. The molecule has 0 aromatic carbocycles. The standard InChI is InChI=1S/C15H32N4O2S.HI/c1-5-16-15(19-13(4)12(2)3)17-9-10-22(20,21)18-11-14-7-6-8-14;/h12-14,18H,5-11H2,1-4H3,(H2,16,17,19);1H. The molecule has 0 aromatic rings. The fraction of sp³-hybridized carbons (Fsp3) is 0.933. The first-order valence-electron chi connectivity index (χ1n) is 8.36. The maximum Gasteiger partial charge on any atom is 0.213 e. The summed E-state index contributed by atoms with van der Waals surface area (Å²) >= 11 is 0. The predicted octanol–water partition coefficient (Wildman–Crippen LogP) is 1.92. The number of rotatable bonds is 9. The molecular weight excluding hydrogens is 427 g/mol. The Morgan fingerprint density at radius 1 is 1.26 bits per heavy atom. The van der Waals surface area contributed by atoms with E-state index in [9.17, 15) is 8.42 Å². The largest absolute Gasteiger partial charge is 0.357 e. The predicted molar refractivity (Wildman–Crippen MR) is 108 cm³/mol. The van der Waals surface area contributed by atoms with Gasteiger partial charge >= 0.3 is 0 Å². The Bertz CT molecular complexity index is 450. The zero-order valence-electron chi connectivity index (χ0n) is 14.8. The molecule has 6 nitrogen and oxygen atoms in total. The van der Waals surface area contributed by atoms with Crippen molar-refractivity contribution in [1.82, 2.24) is 15.4 Å². The average molecular weight is 460 g/mol. The molecule has 1 fully saturated rings. The zero-order chi connectivity index (χ0) is 16.6. The second kappa shape index (κ2) is 11.5. The van der Waals surface area contributed by atoms with E-state index in [1.54, 1.807) is 0 Å². The van der Waals surface area contributed by atoms with Crippen molar-refractivity contribution < 1.29 is 8.42 Å². The third-order valence-electron chi connectivity index (χ3n) is 4.16. The number of guanidine groups is 1. The highest BCUT2D eigenvalue weighted by atomic mass is 127. The summed E-state index contributed by atoms with van der Waals surface area (Å²) in [6, 6.07) is 0.283. The average Bonchev–Trinajstić information content (AvgIpc) is 2.36. The van der Waals surface area contributed by atoms with Crippen LogP contribution in [0.2, 0.25) is 0 Å². The van der Waals surface area contributed by atoms with E-state index in [-0.39, 0.29) is 42.3 Å². The smallest absolute Gasteiger partial charge is 0.213 e. The Kier molecular flexibility index (Phi) is 11.4. The number of aliphatic imine (C=N–C) groups is 1. The summed E-state index contributed by atoms with van der Waals surface area (Å²) in [5, 5.41) is 6.44. The van der Waals surface area contributed by atoms with Crippen LogP contribution in [0.25, 0.3) is 0 Å². The van der Waals surface area contributed by atoms with Crippen molar-refractivity contribution in [3.05, 3.63) is 0 Å². The van der Waals surface area contributed by atoms with Crippen LogP contribution in [0.5, 0.6) is 0 Å². The van der Waals surface area contributed by atoms with Gasteiger partial charge in [0, 0.05) is 19.1 Å². The molecule has 0 aromatic heterocycles. The van der Waals surface area contributed by atoms with Crippen LogP contribution in [-0.4, -0.2) is 45.8 Å². The molecule has 0 aliphatic heterocycles. The SMILES string of the molecule is CCNC(=NCCS(=O)(=O)NCC1CCC1)NC(C)C(C)C.I. The van der Waals surface area contributed by atoms with Crippen molar-refractivity contribution in [2.45, 2.75) is 53.0 Å². The highest BCUT2D eigenvalue weighted by Crippen LogP contribution is 2.25. The number of hydrogen-bond acceptors (Lipinski definition) is 3. The number of nitrogens with zero attached hydrogens (tertiary/aromatic N) is 1. The molecule has 0 spiro atoms. The van der Waals surface area contributed by atoms with Crippen LogP contribution in [0.3, 0.4) is 0 Å². The summed E-state index contributed by atoms with van der Waals surface area (Å²) in [5.74, 6) is 1.73. The van der Waals surface area contributed by atoms with Crippen molar-refractivity contribution in [2.75, 3.05) is 25.4 Å². The van der Waals surface area contributed by atoms with Gasteiger partial charge in [0.15, 0.2) is 5.96 Å². The van der Waals surface area contributed by atoms with Gasteiger partial charge in [-0.3, -0.25) is 4.99 Å². The summed E-state index contributed by atoms with van der Waals surface area (Å²) in [4.78, 5) is 4.36. The van der Waals surface area contributed by atoms with Crippen LogP contribution in [0.4, 0.5) is 0 Å². The van der Waals surface area contributed by atoms with E-state index >= 15 is 0 Å². The Morgan fingerprint density at radius 3 is 2.39 bits per heavy atom. The first-order valence-corrected chi connectivity index (χ1v) is 10.0. The summed E-state index contributed by atoms with van der Waals surface area (Å²) < 4.78 is 26.5. The van der Waals surface area contributed by atoms with Crippen molar-refractivity contribution >= 4 is 40.0 Å². The van der Waals surface area contributed by atoms with E-state index in [0.29, 0.717) is 24.3 Å². The minimum absolute atomic E-state index is 0. The quantitative estimate of drug-likeness (QED) is 0.279. The molecule has 3 N–H and O–H groups in total. The van der Waals surface area contributed by atoms with E-state index in [1.807, 2.05) is 6.92 Å². The van der Waals surface area contributed by atoms with Gasteiger partial charge in [-0.25, -0.2) is 13.1 Å². The summed E-state index contributed by atoms with van der Waals surface area (Å²) in [6.45, 7) is 9.95. The molecule has 0 saturated heterocycles. The van der Waals surface area contributed by atoms with Gasteiger partial charge in [-0.1, -0.05) is 20.3 Å². The van der Waals surface area contributed by atoms with Crippen molar-refractivity contribution in [3.8, 4) is 0 Å². The molecule has 1 saturated carbocycles. The van der Waals surface area contributed by atoms with Crippen LogP contribution in [-0.2, 0) is 10.0 Å². The normalized spacial score (nSPS) is 17.3. The van der Waals surface area contributed by atoms with Gasteiger partial charge in [0.25, 0.3) is 0 Å². The summed E-state index contributed by atoms with van der Waals surface area (Å²) in [5.41, 5.74) is 0. The van der Waals surface area contributed by atoms with Gasteiger partial charge < -0.3 is 10.6 Å². The molecule has 8 heteroatoms. The van der Waals surface area contributed by atoms with E-state index in [2.05, 4.69) is 41.1 Å². The Balaban J connectivity index is 0.00000484. The maximum absolute atomic E-state index is 11.9. The van der Waals surface area contributed by atoms with E-state index in [0.717, 1.165) is 19.4 Å². The first-order chi connectivity index (χ1) is 10.3. The highest BCUT2D eigenvalue weighted by molar-refractivity contribution is 14.0. The Hall–Kier alpha value is -0.0900. The summed E-state index contributed by atoms with van der Waals surface area (Å²) in [6.07, 6.45) is 3.51. The van der Waals surface area contributed by atoms with Crippen molar-refractivity contribution in [3.63, 3.8) is 0 Å². The molecule has 1 unspecified atom stereocenters. The fourth-order valence-corrected chi connectivity index (χ4v) is 2.96. The molecule has 1 rings (SSSR count). The molecule has 23 heavy (non-hydrogen) atoms. The lowest BCUT2D eigenvalue weighted by Gasteiger charge is -2.25. The van der Waals surface area contributed by atoms with Crippen molar-refractivity contribution in [2.24, 2.45) is 16.8 Å². The molecule has 0 radical (unpaired) electrons. The van der Waals surface area contributed by atoms with Crippen LogP contribution in [0.15, 0.2) is 4.99 Å². The molecule has 0 amide bonds. The van der Waals surface area contributed by atoms with Gasteiger partial charge in [0.05, 0.1) is 12.3 Å². The minimum atomic E-state index is -3.22. The maximum atomic E-state index is 11.9. The topological polar surface area (TPSA) is 82.6 Å². The summed E-state index contributed by atoms with van der Waals surface area (Å²) in [7, 11) is -3.22. The fourth-order valence-electron chi connectivity index (χ4n) is 1.99. The molecule has 0 bridgehead atoms. The van der Waals surface area contributed by atoms with Crippen LogP contribution < -0.4 is 15.4 Å². The third-order valence-corrected chi connectivity index (χ3v) is 5.48. The number of nitrogens with one attached hydrogen (secondary N) is 3. The van der Waals surface area contributed by atoms with Gasteiger partial charge in [-0.2, -0.15) is 0 Å². The number of hydrogen-bond donors (Lipinski definition) is 3. The van der Waals surface area contributed by atoms with E-state index in [4.69, 9.17) is 0 Å². The number of halogens is 1. The second-order valence-electron chi connectivity index (χ2n) is 6.40. The van der Waals surface area contributed by atoms with Crippen LogP contribution >= 0.6 is 24.0 Å². The Labute approximate surface area is 158 Å².